The van der Waals surface area contributed by atoms with Gasteiger partial charge < -0.3 is 25.5 Å². The number of nitrogens with one attached hydrogen (secondary N) is 2. The molecule has 1 saturated heterocycles. The molecule has 0 aliphatic carbocycles. The van der Waals surface area contributed by atoms with Crippen LogP contribution in [0.2, 0.25) is 0 Å². The van der Waals surface area contributed by atoms with Crippen molar-refractivity contribution >= 4 is 34.2 Å². The second-order valence-corrected chi connectivity index (χ2v) is 8.12. The van der Waals surface area contributed by atoms with Gasteiger partial charge in [0.15, 0.2) is 6.23 Å². The van der Waals surface area contributed by atoms with Crippen molar-refractivity contribution in [1.82, 2.24) is 10.4 Å². The van der Waals surface area contributed by atoms with Crippen molar-refractivity contribution in [3.63, 3.8) is 0 Å². The van der Waals surface area contributed by atoms with Crippen molar-refractivity contribution in [2.45, 2.75) is 32.1 Å². The third-order valence-corrected chi connectivity index (χ3v) is 5.51. The number of allylic oxidation sites excluding steroid dienone is 1. The van der Waals surface area contributed by atoms with E-state index in [4.69, 9.17) is 9.94 Å². The highest BCUT2D eigenvalue weighted by Crippen LogP contribution is 2.38. The molecule has 10 heteroatoms. The Morgan fingerprint density at radius 1 is 1.48 bits per heavy atom. The van der Waals surface area contributed by atoms with Crippen molar-refractivity contribution in [3.8, 4) is 0 Å². The van der Waals surface area contributed by atoms with E-state index in [2.05, 4.69) is 10.8 Å². The van der Waals surface area contributed by atoms with Gasteiger partial charge in [-0.15, -0.1) is 0 Å². The molecule has 3 rings (SSSR count). The van der Waals surface area contributed by atoms with Crippen LogP contribution in [0, 0.1) is 9.39 Å². The molecular formula is C19H23FIN3O5. The monoisotopic (exact) mass is 519 g/mol. The molecule has 0 spiro atoms. The van der Waals surface area contributed by atoms with Gasteiger partial charge in [0.05, 0.1) is 23.6 Å². The topological polar surface area (TPSA) is 114 Å². The lowest BCUT2D eigenvalue weighted by atomic mass is 9.97. The van der Waals surface area contributed by atoms with Crippen LogP contribution < -0.4 is 10.8 Å². The van der Waals surface area contributed by atoms with Gasteiger partial charge in [0.1, 0.15) is 18.5 Å². The molecule has 2 atom stereocenters. The van der Waals surface area contributed by atoms with Gasteiger partial charge in [-0.2, -0.15) is 0 Å². The second kappa shape index (κ2) is 9.39. The number of anilines is 1. The number of amides is 1. The number of carbonyl (C=O) groups is 1. The second-order valence-electron chi connectivity index (χ2n) is 6.88. The summed E-state index contributed by atoms with van der Waals surface area (Å²) in [4.78, 5) is 19.6. The summed E-state index contributed by atoms with van der Waals surface area (Å²) >= 11 is 2.00. The van der Waals surface area contributed by atoms with Gasteiger partial charge in [0.25, 0.3) is 5.91 Å². The number of carbonyl (C=O) groups excluding carboxylic acids is 1. The minimum Gasteiger partial charge on any atom is -0.394 e. The fraction of sp³-hybridized carbons (Fsp3) is 0.421. The lowest BCUT2D eigenvalue weighted by Gasteiger charge is -2.35. The van der Waals surface area contributed by atoms with Crippen LogP contribution in [0.4, 0.5) is 10.1 Å². The van der Waals surface area contributed by atoms with Gasteiger partial charge in [-0.1, -0.05) is 0 Å². The summed E-state index contributed by atoms with van der Waals surface area (Å²) in [5.41, 5.74) is 4.13. The minimum absolute atomic E-state index is 0.181. The van der Waals surface area contributed by atoms with Crippen molar-refractivity contribution in [1.29, 1.82) is 0 Å². The molecule has 5 N–H and O–H groups in total. The molecule has 0 bridgehead atoms. The van der Waals surface area contributed by atoms with Crippen LogP contribution >= 0.6 is 22.6 Å². The molecule has 158 valence electrons. The number of aliphatic hydroxyl groups is 3. The predicted octanol–water partition coefficient (Wildman–Crippen LogP) is 1.20. The molecular weight excluding hydrogens is 496 g/mol. The normalized spacial score (nSPS) is 20.1. The SMILES string of the molecule is CC1=C(Nc2ccc(I)cc2F)C(C(=O)NOCC(O)CO)=C2CCCN2[C@@H]1O. The first kappa shape index (κ1) is 22.0. The van der Waals surface area contributed by atoms with E-state index in [9.17, 15) is 19.4 Å². The zero-order valence-electron chi connectivity index (χ0n) is 15.8. The molecule has 29 heavy (non-hydrogen) atoms. The number of hydrogen-bond donors (Lipinski definition) is 5. The first-order valence-corrected chi connectivity index (χ1v) is 10.2. The predicted molar refractivity (Wildman–Crippen MR) is 112 cm³/mol. The Kier molecular flexibility index (Phi) is 7.11. The van der Waals surface area contributed by atoms with Crippen molar-refractivity contribution in [3.05, 3.63) is 50.1 Å². The highest BCUT2D eigenvalue weighted by Gasteiger charge is 2.37. The van der Waals surface area contributed by atoms with E-state index in [1.165, 1.54) is 6.07 Å². The van der Waals surface area contributed by atoms with Crippen molar-refractivity contribution in [2.75, 3.05) is 25.1 Å². The fourth-order valence-corrected chi connectivity index (χ4v) is 3.83. The largest absolute Gasteiger partial charge is 0.394 e. The molecule has 1 amide bonds. The van der Waals surface area contributed by atoms with Gasteiger partial charge in [-0.05, 0) is 66.1 Å². The smallest absolute Gasteiger partial charge is 0.278 e. The average molecular weight is 519 g/mol. The summed E-state index contributed by atoms with van der Waals surface area (Å²) in [6.07, 6.45) is -0.700. The molecule has 0 aromatic heterocycles. The average Bonchev–Trinajstić information content (AvgIpc) is 3.17. The highest BCUT2D eigenvalue weighted by molar-refractivity contribution is 14.1. The van der Waals surface area contributed by atoms with Crippen LogP contribution in [-0.4, -0.2) is 58.2 Å². The van der Waals surface area contributed by atoms with Crippen LogP contribution in [0.3, 0.4) is 0 Å². The fourth-order valence-electron chi connectivity index (χ4n) is 3.38. The molecule has 1 aromatic rings. The number of halogens is 2. The summed E-state index contributed by atoms with van der Waals surface area (Å²) in [6.45, 7) is 1.49. The summed E-state index contributed by atoms with van der Waals surface area (Å²) in [6, 6.07) is 4.67. The third kappa shape index (κ3) is 4.72. The van der Waals surface area contributed by atoms with E-state index in [-0.39, 0.29) is 17.9 Å². The van der Waals surface area contributed by atoms with E-state index in [0.29, 0.717) is 29.9 Å². The third-order valence-electron chi connectivity index (χ3n) is 4.84. The molecule has 8 nitrogen and oxygen atoms in total. The number of hydrogen-bond acceptors (Lipinski definition) is 7. The van der Waals surface area contributed by atoms with Gasteiger partial charge >= 0.3 is 0 Å². The van der Waals surface area contributed by atoms with Crippen LogP contribution in [0.15, 0.2) is 40.7 Å². The number of fused-ring (bicyclic) bond motifs is 1. The molecule has 1 aromatic carbocycles. The van der Waals surface area contributed by atoms with Gasteiger partial charge in [0.2, 0.25) is 0 Å². The molecule has 2 aliphatic rings. The lowest BCUT2D eigenvalue weighted by molar-refractivity contribution is -0.132. The molecule has 1 unspecified atom stereocenters. The van der Waals surface area contributed by atoms with Gasteiger partial charge in [-0.3, -0.25) is 9.63 Å². The lowest BCUT2D eigenvalue weighted by Crippen LogP contribution is -2.41. The standard InChI is InChI=1S/C19H23FIN3O5/c1-10-17(22-14-5-4-11(21)7-13(14)20)16(15-3-2-6-24(15)19(10)28)18(27)23-29-9-12(26)8-25/h4-5,7,12,19,22,25-26,28H,2-3,6,8-9H2,1H3,(H,23,27)/t12?,19-/m1/s1. The molecule has 0 saturated carbocycles. The van der Waals surface area contributed by atoms with E-state index >= 15 is 0 Å². The highest BCUT2D eigenvalue weighted by atomic mass is 127. The maximum absolute atomic E-state index is 14.4. The van der Waals surface area contributed by atoms with Gasteiger partial charge in [-0.25, -0.2) is 9.87 Å². The number of hydroxylamine groups is 1. The number of nitrogens with zero attached hydrogens (tertiary/aromatic N) is 1. The summed E-state index contributed by atoms with van der Waals surface area (Å²) in [5, 5.41) is 31.8. The number of aliphatic hydroxyl groups excluding tert-OH is 3. The minimum atomic E-state index is -1.13. The Bertz CT molecular complexity index is 860. The maximum Gasteiger partial charge on any atom is 0.278 e. The molecule has 2 aliphatic heterocycles. The molecule has 0 radical (unpaired) electrons. The molecule has 1 fully saturated rings. The zero-order valence-corrected chi connectivity index (χ0v) is 17.9. The van der Waals surface area contributed by atoms with E-state index in [0.717, 1.165) is 9.99 Å². The first-order chi connectivity index (χ1) is 13.8. The Balaban J connectivity index is 1.92. The van der Waals surface area contributed by atoms with E-state index < -0.39 is 30.7 Å². The Hall–Kier alpha value is -1.73. The Labute approximate surface area is 181 Å². The zero-order chi connectivity index (χ0) is 21.1. The number of rotatable bonds is 7. The van der Waals surface area contributed by atoms with E-state index in [1.807, 2.05) is 22.6 Å². The summed E-state index contributed by atoms with van der Waals surface area (Å²) in [7, 11) is 0. The van der Waals surface area contributed by atoms with Crippen LogP contribution in [0.5, 0.6) is 0 Å². The maximum atomic E-state index is 14.4. The van der Waals surface area contributed by atoms with Crippen molar-refractivity contribution in [2.24, 2.45) is 0 Å². The van der Waals surface area contributed by atoms with Crippen molar-refractivity contribution < 1.29 is 29.3 Å². The summed E-state index contributed by atoms with van der Waals surface area (Å²) in [5.74, 6) is -1.07. The summed E-state index contributed by atoms with van der Waals surface area (Å²) < 4.78 is 15.1. The van der Waals surface area contributed by atoms with Crippen LogP contribution in [0.1, 0.15) is 19.8 Å². The Morgan fingerprint density at radius 2 is 2.24 bits per heavy atom. The number of benzene rings is 1. The van der Waals surface area contributed by atoms with Gasteiger partial charge in [0, 0.05) is 15.8 Å². The molecule has 2 heterocycles. The van der Waals surface area contributed by atoms with Crippen LogP contribution in [0.25, 0.3) is 0 Å². The van der Waals surface area contributed by atoms with Crippen LogP contribution in [-0.2, 0) is 9.63 Å². The first-order valence-electron chi connectivity index (χ1n) is 9.15. The Morgan fingerprint density at radius 3 is 2.93 bits per heavy atom. The van der Waals surface area contributed by atoms with E-state index in [1.54, 1.807) is 24.0 Å². The quantitative estimate of drug-likeness (QED) is 0.272.